The van der Waals surface area contributed by atoms with Gasteiger partial charge in [0.05, 0.1) is 16.5 Å². The van der Waals surface area contributed by atoms with Crippen LogP contribution in [0.1, 0.15) is 31.8 Å². The number of rotatable bonds is 4. The largest absolute Gasteiger partial charge is 0.378 e. The van der Waals surface area contributed by atoms with E-state index < -0.39 is 11.3 Å². The van der Waals surface area contributed by atoms with Crippen LogP contribution in [0.25, 0.3) is 10.9 Å². The summed E-state index contributed by atoms with van der Waals surface area (Å²) in [6.45, 7) is 2.49. The van der Waals surface area contributed by atoms with Crippen molar-refractivity contribution >= 4 is 22.3 Å². The van der Waals surface area contributed by atoms with Gasteiger partial charge in [0.25, 0.3) is 6.43 Å². The Labute approximate surface area is 137 Å². The second-order valence-corrected chi connectivity index (χ2v) is 5.90. The van der Waals surface area contributed by atoms with Gasteiger partial charge in [-0.05, 0) is 31.9 Å². The second kappa shape index (κ2) is 6.64. The average Bonchev–Trinajstić information content (AvgIpc) is 2.54. The number of halogens is 2. The fourth-order valence-electron chi connectivity index (χ4n) is 2.96. The molecule has 2 aromatic rings. The summed E-state index contributed by atoms with van der Waals surface area (Å²) in [6.07, 6.45) is -0.0604. The van der Waals surface area contributed by atoms with E-state index in [2.05, 4.69) is 10.3 Å². The van der Waals surface area contributed by atoms with Crippen molar-refractivity contribution in [2.45, 2.75) is 38.3 Å². The van der Waals surface area contributed by atoms with E-state index in [9.17, 15) is 18.9 Å². The topological polar surface area (TPSA) is 77.3 Å². The molecule has 0 bridgehead atoms. The van der Waals surface area contributed by atoms with Gasteiger partial charge in [-0.15, -0.1) is 0 Å². The minimum atomic E-state index is -2.65. The maximum atomic E-state index is 13.0. The zero-order valence-corrected chi connectivity index (χ0v) is 13.0. The van der Waals surface area contributed by atoms with Gasteiger partial charge in [-0.25, -0.2) is 13.8 Å². The van der Waals surface area contributed by atoms with Crippen molar-refractivity contribution in [2.24, 2.45) is 0 Å². The highest BCUT2D eigenvalue weighted by Crippen LogP contribution is 2.35. The number of hydrogen-bond acceptors (Lipinski definition) is 5. The number of aromatic nitrogens is 1. The molecule has 1 fully saturated rings. The van der Waals surface area contributed by atoms with Gasteiger partial charge in [-0.1, -0.05) is 6.07 Å². The van der Waals surface area contributed by atoms with Crippen molar-refractivity contribution in [2.75, 3.05) is 11.9 Å². The summed E-state index contributed by atoms with van der Waals surface area (Å²) in [6, 6.07) is 3.99. The van der Waals surface area contributed by atoms with Gasteiger partial charge in [0.15, 0.2) is 0 Å². The molecule has 0 aliphatic carbocycles. The quantitative estimate of drug-likeness (QED) is 0.672. The van der Waals surface area contributed by atoms with E-state index >= 15 is 0 Å². The number of benzene rings is 1. The number of nitrogens with zero attached hydrogens (tertiary/aromatic N) is 2. The van der Waals surface area contributed by atoms with Crippen molar-refractivity contribution in [1.82, 2.24) is 4.98 Å². The molecule has 0 spiro atoms. The zero-order chi connectivity index (χ0) is 17.3. The minimum Gasteiger partial charge on any atom is -0.378 e. The van der Waals surface area contributed by atoms with Crippen LogP contribution in [0.3, 0.4) is 0 Å². The summed E-state index contributed by atoms with van der Waals surface area (Å²) in [5.41, 5.74) is 0.278. The summed E-state index contributed by atoms with van der Waals surface area (Å²) in [5, 5.41) is 14.8. The molecular weight excluding hydrogens is 320 g/mol. The molecule has 1 aliphatic rings. The summed E-state index contributed by atoms with van der Waals surface area (Å²) < 4.78 is 31.5. The molecule has 1 aromatic heterocycles. The molecule has 1 unspecified atom stereocenters. The van der Waals surface area contributed by atoms with Crippen LogP contribution in [-0.4, -0.2) is 28.7 Å². The Morgan fingerprint density at radius 2 is 2.25 bits per heavy atom. The van der Waals surface area contributed by atoms with Gasteiger partial charge in [0.1, 0.15) is 11.9 Å². The Kier molecular flexibility index (Phi) is 4.57. The highest BCUT2D eigenvalue weighted by Gasteiger charge is 2.25. The van der Waals surface area contributed by atoms with Crippen LogP contribution in [-0.2, 0) is 4.74 Å². The summed E-state index contributed by atoms with van der Waals surface area (Å²) in [5.74, 6) is 0. The molecule has 6 nitrogen and oxygen atoms in total. The third-order valence-electron chi connectivity index (χ3n) is 4.15. The fraction of sp³-hybridized carbons (Fsp3) is 0.438. The van der Waals surface area contributed by atoms with Crippen LogP contribution in [0.4, 0.5) is 20.2 Å². The lowest BCUT2D eigenvalue weighted by Gasteiger charge is -2.28. The van der Waals surface area contributed by atoms with Crippen LogP contribution in [0, 0.1) is 10.1 Å². The fourth-order valence-corrected chi connectivity index (χ4v) is 2.96. The number of fused-ring (bicyclic) bond motifs is 1. The van der Waals surface area contributed by atoms with Gasteiger partial charge in [0.2, 0.25) is 0 Å². The van der Waals surface area contributed by atoms with Crippen LogP contribution in [0.15, 0.2) is 24.4 Å². The van der Waals surface area contributed by atoms with Crippen molar-refractivity contribution in [3.8, 4) is 0 Å². The normalized spacial score (nSPS) is 21.2. The Hall–Kier alpha value is -2.35. The van der Waals surface area contributed by atoms with Crippen molar-refractivity contribution < 1.29 is 18.4 Å². The Bertz CT molecular complexity index is 770. The number of hydrogen-bond donors (Lipinski definition) is 1. The van der Waals surface area contributed by atoms with E-state index in [1.54, 1.807) is 0 Å². The molecular formula is C16H17F2N3O3. The molecule has 1 N–H and O–H groups in total. The van der Waals surface area contributed by atoms with E-state index in [0.29, 0.717) is 30.4 Å². The zero-order valence-electron chi connectivity index (χ0n) is 13.0. The molecule has 128 valence electrons. The Balaban J connectivity index is 2.08. The second-order valence-electron chi connectivity index (χ2n) is 5.90. The molecule has 24 heavy (non-hydrogen) atoms. The number of anilines is 1. The monoisotopic (exact) mass is 337 g/mol. The first-order chi connectivity index (χ1) is 11.5. The first-order valence-corrected chi connectivity index (χ1v) is 7.69. The molecule has 3 rings (SSSR count). The van der Waals surface area contributed by atoms with Crippen molar-refractivity contribution in [1.29, 1.82) is 0 Å². The number of nitrogens with one attached hydrogen (secondary N) is 1. The first kappa shape index (κ1) is 16.5. The summed E-state index contributed by atoms with van der Waals surface area (Å²) in [7, 11) is 0. The number of alkyl halides is 2. The molecule has 0 amide bonds. The van der Waals surface area contributed by atoms with Gasteiger partial charge >= 0.3 is 5.69 Å². The van der Waals surface area contributed by atoms with E-state index in [-0.39, 0.29) is 29.1 Å². The Morgan fingerprint density at radius 3 is 2.92 bits per heavy atom. The van der Waals surface area contributed by atoms with E-state index in [0.717, 1.165) is 6.20 Å². The number of ether oxygens (including phenoxy) is 1. The van der Waals surface area contributed by atoms with E-state index in [1.165, 1.54) is 18.2 Å². The number of pyridine rings is 1. The van der Waals surface area contributed by atoms with Gasteiger partial charge in [-0.2, -0.15) is 0 Å². The third-order valence-corrected chi connectivity index (χ3v) is 4.15. The van der Waals surface area contributed by atoms with Crippen LogP contribution in [0.2, 0.25) is 0 Å². The number of nitro groups is 1. The molecule has 8 heteroatoms. The minimum absolute atomic E-state index is 0.0201. The smallest absolute Gasteiger partial charge is 0.311 e. The molecule has 0 radical (unpaired) electrons. The van der Waals surface area contributed by atoms with Gasteiger partial charge in [-0.3, -0.25) is 10.1 Å². The third kappa shape index (κ3) is 3.28. The summed E-state index contributed by atoms with van der Waals surface area (Å²) in [4.78, 5) is 14.8. The maximum Gasteiger partial charge on any atom is 0.311 e. The lowest BCUT2D eigenvalue weighted by Crippen LogP contribution is -2.32. The van der Waals surface area contributed by atoms with Crippen LogP contribution < -0.4 is 5.32 Å². The van der Waals surface area contributed by atoms with E-state index in [1.807, 2.05) is 6.92 Å². The maximum absolute atomic E-state index is 13.0. The predicted octanol–water partition coefficient (Wildman–Crippen LogP) is 4.06. The van der Waals surface area contributed by atoms with Crippen molar-refractivity contribution in [3.63, 3.8) is 0 Å². The van der Waals surface area contributed by atoms with Crippen molar-refractivity contribution in [3.05, 3.63) is 40.1 Å². The van der Waals surface area contributed by atoms with E-state index in [4.69, 9.17) is 4.74 Å². The highest BCUT2D eigenvalue weighted by molar-refractivity contribution is 5.96. The Morgan fingerprint density at radius 1 is 1.46 bits per heavy atom. The first-order valence-electron chi connectivity index (χ1n) is 7.69. The lowest BCUT2D eigenvalue weighted by molar-refractivity contribution is -0.384. The highest BCUT2D eigenvalue weighted by atomic mass is 19.3. The molecule has 1 aliphatic heterocycles. The van der Waals surface area contributed by atoms with Crippen LogP contribution in [0.5, 0.6) is 0 Å². The predicted molar refractivity (Wildman–Crippen MR) is 85.4 cm³/mol. The molecule has 1 saturated heterocycles. The standard InChI is InChI=1S/C16H17F2N3O3/c1-9-6-11(4-5-24-9)20-15-12-7-10(16(17)18)2-3-13(12)19-8-14(15)21(22)23/h2-3,7-9,11,16H,4-6H2,1H3,(H,19,20)/t9-,11?/m1/s1. The summed E-state index contributed by atoms with van der Waals surface area (Å²) >= 11 is 0. The molecule has 2 atom stereocenters. The average molecular weight is 337 g/mol. The molecule has 2 heterocycles. The SMILES string of the molecule is C[C@@H]1CC(Nc2c([N+](=O)[O-])cnc3ccc(C(F)F)cc23)CCO1. The van der Waals surface area contributed by atoms with Gasteiger partial charge < -0.3 is 10.1 Å². The molecule has 1 aromatic carbocycles. The molecule has 0 saturated carbocycles. The lowest BCUT2D eigenvalue weighted by atomic mass is 10.0. The van der Waals surface area contributed by atoms with Crippen LogP contribution >= 0.6 is 0 Å². The van der Waals surface area contributed by atoms with Gasteiger partial charge in [0, 0.05) is 23.6 Å².